The molecule has 2 aliphatic rings. The highest BCUT2D eigenvalue weighted by molar-refractivity contribution is 4.91. The zero-order valence-electron chi connectivity index (χ0n) is 11.8. The Balaban J connectivity index is 2.05. The molecule has 0 aliphatic carbocycles. The summed E-state index contributed by atoms with van der Waals surface area (Å²) >= 11 is 0. The van der Waals surface area contributed by atoms with Crippen LogP contribution < -0.4 is 0 Å². The summed E-state index contributed by atoms with van der Waals surface area (Å²) in [7, 11) is 0. The lowest BCUT2D eigenvalue weighted by atomic mass is 9.98. The monoisotopic (exact) mass is 326 g/mol. The SMILES string of the molecule is C[C@@H]1OC(O[C@@H]2O[C@H](CO)[C@@H](O)[C@H](O)[C@H]2O)[C@H](O)[C@H](O)[C@H]1O. The van der Waals surface area contributed by atoms with Crippen molar-refractivity contribution in [2.45, 2.75) is 68.3 Å². The molecular formula is C12H22O10. The number of rotatable bonds is 3. The van der Waals surface area contributed by atoms with Crippen molar-refractivity contribution < 1.29 is 50.0 Å². The van der Waals surface area contributed by atoms with E-state index in [2.05, 4.69) is 0 Å². The quantitative estimate of drug-likeness (QED) is 0.269. The van der Waals surface area contributed by atoms with E-state index < -0.39 is 68.0 Å². The van der Waals surface area contributed by atoms with E-state index in [1.165, 1.54) is 6.92 Å². The van der Waals surface area contributed by atoms with Gasteiger partial charge in [0.1, 0.15) is 42.7 Å². The molecule has 10 heteroatoms. The van der Waals surface area contributed by atoms with Crippen LogP contribution in [0.5, 0.6) is 0 Å². The minimum absolute atomic E-state index is 0.628. The van der Waals surface area contributed by atoms with E-state index >= 15 is 0 Å². The molecule has 2 aliphatic heterocycles. The van der Waals surface area contributed by atoms with Crippen LogP contribution in [0.2, 0.25) is 0 Å². The molecule has 0 aromatic carbocycles. The fourth-order valence-electron chi connectivity index (χ4n) is 2.44. The Morgan fingerprint density at radius 1 is 0.727 bits per heavy atom. The maximum Gasteiger partial charge on any atom is 0.189 e. The predicted octanol–water partition coefficient (Wildman–Crippen LogP) is -4.37. The van der Waals surface area contributed by atoms with Crippen molar-refractivity contribution in [3.63, 3.8) is 0 Å². The summed E-state index contributed by atoms with van der Waals surface area (Å²) in [6, 6.07) is 0. The van der Waals surface area contributed by atoms with Gasteiger partial charge in [-0.1, -0.05) is 0 Å². The maximum atomic E-state index is 9.83. The summed E-state index contributed by atoms with van der Waals surface area (Å²) in [5.41, 5.74) is 0. The standard InChI is InChI=1S/C12H22O10/c1-3-5(14)7(16)9(18)11(20-3)22-12-10(19)8(17)6(15)4(2-13)21-12/h3-19H,2H2,1H3/t3-,4+,5-,6+,7+,8-,9+,10+,11?,12-/m0/s1. The van der Waals surface area contributed by atoms with Crippen LogP contribution in [0.3, 0.4) is 0 Å². The fourth-order valence-corrected chi connectivity index (χ4v) is 2.44. The van der Waals surface area contributed by atoms with Gasteiger partial charge in [-0.15, -0.1) is 0 Å². The van der Waals surface area contributed by atoms with E-state index in [-0.39, 0.29) is 0 Å². The topological polar surface area (TPSA) is 169 Å². The molecule has 2 fully saturated rings. The molecular weight excluding hydrogens is 304 g/mol. The Bertz CT molecular complexity index is 366. The Labute approximate surface area is 126 Å². The van der Waals surface area contributed by atoms with E-state index in [1.54, 1.807) is 0 Å². The van der Waals surface area contributed by atoms with E-state index in [0.29, 0.717) is 0 Å². The van der Waals surface area contributed by atoms with Crippen molar-refractivity contribution in [1.82, 2.24) is 0 Å². The van der Waals surface area contributed by atoms with Gasteiger partial charge >= 0.3 is 0 Å². The summed E-state index contributed by atoms with van der Waals surface area (Å²) in [5.74, 6) is 0. The molecule has 0 bridgehead atoms. The lowest BCUT2D eigenvalue weighted by molar-refractivity contribution is -0.373. The van der Waals surface area contributed by atoms with Gasteiger partial charge in [-0.3, -0.25) is 0 Å². The number of hydrogen-bond acceptors (Lipinski definition) is 10. The molecule has 2 saturated heterocycles. The average Bonchev–Trinajstić information content (AvgIpc) is 2.50. The minimum atomic E-state index is -1.66. The number of hydrogen-bond donors (Lipinski definition) is 7. The Morgan fingerprint density at radius 2 is 1.23 bits per heavy atom. The summed E-state index contributed by atoms with van der Waals surface area (Å²) in [5, 5.41) is 67.3. The first-order chi connectivity index (χ1) is 10.3. The molecule has 2 heterocycles. The second-order valence-corrected chi connectivity index (χ2v) is 5.51. The Kier molecular flexibility index (Phi) is 5.72. The van der Waals surface area contributed by atoms with Crippen molar-refractivity contribution >= 4 is 0 Å². The van der Waals surface area contributed by atoms with Gasteiger partial charge in [-0.2, -0.15) is 0 Å². The zero-order valence-corrected chi connectivity index (χ0v) is 11.8. The summed E-state index contributed by atoms with van der Waals surface area (Å²) < 4.78 is 15.5. The van der Waals surface area contributed by atoms with E-state index in [4.69, 9.17) is 19.3 Å². The van der Waals surface area contributed by atoms with E-state index in [9.17, 15) is 30.6 Å². The first kappa shape index (κ1) is 17.9. The third kappa shape index (κ3) is 3.26. The van der Waals surface area contributed by atoms with Crippen LogP contribution in [-0.4, -0.2) is 104 Å². The highest BCUT2D eigenvalue weighted by Crippen LogP contribution is 2.27. The van der Waals surface area contributed by atoms with Crippen molar-refractivity contribution in [3.8, 4) is 0 Å². The Morgan fingerprint density at radius 3 is 1.77 bits per heavy atom. The fraction of sp³-hybridized carbons (Fsp3) is 1.00. The van der Waals surface area contributed by atoms with Crippen LogP contribution in [0.15, 0.2) is 0 Å². The smallest absolute Gasteiger partial charge is 0.189 e. The average molecular weight is 326 g/mol. The summed E-state index contributed by atoms with van der Waals surface area (Å²) in [4.78, 5) is 0. The normalized spacial score (nSPS) is 53.5. The second-order valence-electron chi connectivity index (χ2n) is 5.51. The first-order valence-electron chi connectivity index (χ1n) is 6.93. The van der Waals surface area contributed by atoms with E-state index in [0.717, 1.165) is 0 Å². The first-order valence-corrected chi connectivity index (χ1v) is 6.93. The van der Waals surface area contributed by atoms with Crippen LogP contribution in [0, 0.1) is 0 Å². The van der Waals surface area contributed by atoms with Crippen molar-refractivity contribution in [1.29, 1.82) is 0 Å². The molecule has 0 aromatic heterocycles. The van der Waals surface area contributed by atoms with Gasteiger partial charge in [-0.05, 0) is 6.92 Å². The predicted molar refractivity (Wildman–Crippen MR) is 67.2 cm³/mol. The number of aliphatic hydroxyl groups excluding tert-OH is 7. The van der Waals surface area contributed by atoms with E-state index in [1.807, 2.05) is 0 Å². The van der Waals surface area contributed by atoms with Crippen LogP contribution in [0.1, 0.15) is 6.92 Å². The Hall–Kier alpha value is -0.400. The van der Waals surface area contributed by atoms with Crippen molar-refractivity contribution in [3.05, 3.63) is 0 Å². The lowest BCUT2D eigenvalue weighted by Gasteiger charge is -2.44. The van der Waals surface area contributed by atoms with Gasteiger partial charge in [-0.25, -0.2) is 0 Å². The molecule has 130 valence electrons. The number of aliphatic hydroxyl groups is 7. The lowest BCUT2D eigenvalue weighted by Crippen LogP contribution is -2.63. The molecule has 0 aromatic rings. The third-order valence-electron chi connectivity index (χ3n) is 3.93. The molecule has 0 amide bonds. The van der Waals surface area contributed by atoms with Crippen LogP contribution >= 0.6 is 0 Å². The van der Waals surface area contributed by atoms with Crippen LogP contribution in [0.25, 0.3) is 0 Å². The van der Waals surface area contributed by atoms with Gasteiger partial charge in [0.25, 0.3) is 0 Å². The highest BCUT2D eigenvalue weighted by Gasteiger charge is 2.48. The molecule has 7 N–H and O–H groups in total. The maximum absolute atomic E-state index is 9.83. The molecule has 2 rings (SSSR count). The molecule has 0 radical (unpaired) electrons. The summed E-state index contributed by atoms with van der Waals surface area (Å²) in [6.45, 7) is 0.819. The zero-order chi connectivity index (χ0) is 16.6. The molecule has 0 saturated carbocycles. The van der Waals surface area contributed by atoms with Gasteiger partial charge in [0, 0.05) is 0 Å². The summed E-state index contributed by atoms with van der Waals surface area (Å²) in [6.07, 6.45) is -14.3. The van der Waals surface area contributed by atoms with Crippen LogP contribution in [-0.2, 0) is 14.2 Å². The van der Waals surface area contributed by atoms with Crippen molar-refractivity contribution in [2.75, 3.05) is 6.61 Å². The second kappa shape index (κ2) is 7.01. The molecule has 10 nitrogen and oxygen atoms in total. The molecule has 0 spiro atoms. The van der Waals surface area contributed by atoms with Gasteiger partial charge in [0.05, 0.1) is 12.7 Å². The highest BCUT2D eigenvalue weighted by atomic mass is 16.8. The van der Waals surface area contributed by atoms with Crippen LogP contribution in [0.4, 0.5) is 0 Å². The molecule has 1 unspecified atom stereocenters. The van der Waals surface area contributed by atoms with Crippen molar-refractivity contribution in [2.24, 2.45) is 0 Å². The third-order valence-corrected chi connectivity index (χ3v) is 3.93. The van der Waals surface area contributed by atoms with Gasteiger partial charge in [0.2, 0.25) is 0 Å². The number of ether oxygens (including phenoxy) is 3. The van der Waals surface area contributed by atoms with Gasteiger partial charge < -0.3 is 50.0 Å². The largest absolute Gasteiger partial charge is 0.394 e. The van der Waals surface area contributed by atoms with Gasteiger partial charge in [0.15, 0.2) is 12.6 Å². The minimum Gasteiger partial charge on any atom is -0.394 e. The molecule has 10 atom stereocenters. The molecule has 22 heavy (non-hydrogen) atoms.